The predicted octanol–water partition coefficient (Wildman–Crippen LogP) is 0.773. The molecule has 0 radical (unpaired) electrons. The van der Waals surface area contributed by atoms with E-state index in [1.165, 1.54) is 0 Å². The molecule has 2 N–H and O–H groups in total. The van der Waals surface area contributed by atoms with Gasteiger partial charge in [-0.15, -0.1) is 0 Å². The van der Waals surface area contributed by atoms with Crippen molar-refractivity contribution in [2.45, 2.75) is 25.5 Å². The van der Waals surface area contributed by atoms with Gasteiger partial charge in [-0.05, 0) is 37.6 Å². The van der Waals surface area contributed by atoms with Crippen LogP contribution in [0.3, 0.4) is 0 Å². The van der Waals surface area contributed by atoms with Gasteiger partial charge in [-0.25, -0.2) is 0 Å². The Kier molecular flexibility index (Phi) is 6.55. The molecule has 1 aliphatic rings. The van der Waals surface area contributed by atoms with Crippen LogP contribution in [0.2, 0.25) is 0 Å². The van der Waals surface area contributed by atoms with Crippen LogP contribution in [0.1, 0.15) is 28.8 Å². The molecule has 6 heteroatoms. The number of nitrogens with one attached hydrogen (secondary N) is 2. The molecule has 0 aromatic heterocycles. The average Bonchev–Trinajstić information content (AvgIpc) is 3.06. The van der Waals surface area contributed by atoms with Gasteiger partial charge in [0.25, 0.3) is 5.91 Å². The predicted molar refractivity (Wildman–Crippen MR) is 88.1 cm³/mol. The zero-order valence-corrected chi connectivity index (χ0v) is 13.8. The SMILES string of the molecule is CNC(=O)c1ccc(CN(C)CC(=O)NC[C@@H]2CCCO2)cc1. The largest absolute Gasteiger partial charge is 0.376 e. The maximum absolute atomic E-state index is 11.9. The summed E-state index contributed by atoms with van der Waals surface area (Å²) in [4.78, 5) is 25.4. The first-order valence-corrected chi connectivity index (χ1v) is 7.96. The molecule has 1 aliphatic heterocycles. The van der Waals surface area contributed by atoms with E-state index in [1.807, 2.05) is 24.1 Å². The van der Waals surface area contributed by atoms with E-state index in [9.17, 15) is 9.59 Å². The summed E-state index contributed by atoms with van der Waals surface area (Å²) in [5.41, 5.74) is 1.69. The number of amides is 2. The Morgan fingerprint density at radius 1 is 1.30 bits per heavy atom. The average molecular weight is 319 g/mol. The van der Waals surface area contributed by atoms with Crippen LogP contribution in [0.5, 0.6) is 0 Å². The quantitative estimate of drug-likeness (QED) is 0.779. The van der Waals surface area contributed by atoms with E-state index in [-0.39, 0.29) is 17.9 Å². The van der Waals surface area contributed by atoms with Crippen molar-refractivity contribution in [3.05, 3.63) is 35.4 Å². The fourth-order valence-electron chi connectivity index (χ4n) is 2.61. The van der Waals surface area contributed by atoms with Crippen molar-refractivity contribution in [2.75, 3.05) is 33.8 Å². The molecule has 1 saturated heterocycles. The number of nitrogens with zero attached hydrogens (tertiary/aromatic N) is 1. The number of carbonyl (C=O) groups excluding carboxylic acids is 2. The van der Waals surface area contributed by atoms with Crippen molar-refractivity contribution < 1.29 is 14.3 Å². The van der Waals surface area contributed by atoms with Crippen LogP contribution in [-0.2, 0) is 16.1 Å². The highest BCUT2D eigenvalue weighted by Crippen LogP contribution is 2.10. The molecule has 0 unspecified atom stereocenters. The summed E-state index contributed by atoms with van der Waals surface area (Å²) >= 11 is 0. The van der Waals surface area contributed by atoms with Crippen LogP contribution in [0, 0.1) is 0 Å². The molecule has 6 nitrogen and oxygen atoms in total. The van der Waals surface area contributed by atoms with Crippen molar-refractivity contribution in [1.29, 1.82) is 0 Å². The van der Waals surface area contributed by atoms with Gasteiger partial charge in [-0.3, -0.25) is 14.5 Å². The summed E-state index contributed by atoms with van der Waals surface area (Å²) in [6.07, 6.45) is 2.27. The van der Waals surface area contributed by atoms with Gasteiger partial charge in [0.1, 0.15) is 0 Å². The molecule has 126 valence electrons. The van der Waals surface area contributed by atoms with Gasteiger partial charge in [0.2, 0.25) is 5.91 Å². The smallest absolute Gasteiger partial charge is 0.251 e. The molecule has 2 rings (SSSR count). The standard InChI is InChI=1S/C17H25N3O3/c1-18-17(22)14-7-5-13(6-8-14)11-20(2)12-16(21)19-10-15-4-3-9-23-15/h5-8,15H,3-4,9-12H2,1-2H3,(H,18,22)(H,19,21)/t15-/m0/s1. The van der Waals surface area contributed by atoms with Crippen LogP contribution in [0.4, 0.5) is 0 Å². The van der Waals surface area contributed by atoms with E-state index < -0.39 is 0 Å². The molecule has 1 aromatic carbocycles. The van der Waals surface area contributed by atoms with Crippen LogP contribution in [0.25, 0.3) is 0 Å². The second kappa shape index (κ2) is 8.64. The molecule has 0 bridgehead atoms. The van der Waals surface area contributed by atoms with Gasteiger partial charge in [-0.1, -0.05) is 12.1 Å². The van der Waals surface area contributed by atoms with Crippen LogP contribution >= 0.6 is 0 Å². The Labute approximate surface area is 137 Å². The molecular formula is C17H25N3O3. The summed E-state index contributed by atoms with van der Waals surface area (Å²) in [5, 5.41) is 5.51. The number of ether oxygens (including phenoxy) is 1. The minimum absolute atomic E-state index is 0.00461. The maximum atomic E-state index is 11.9. The lowest BCUT2D eigenvalue weighted by Gasteiger charge is -2.17. The van der Waals surface area contributed by atoms with Crippen LogP contribution in [-0.4, -0.2) is 56.6 Å². The third-order valence-corrected chi connectivity index (χ3v) is 3.86. The zero-order valence-electron chi connectivity index (χ0n) is 13.8. The van der Waals surface area contributed by atoms with Gasteiger partial charge < -0.3 is 15.4 Å². The summed E-state index contributed by atoms with van der Waals surface area (Å²) in [7, 11) is 3.51. The number of carbonyl (C=O) groups is 2. The number of hydrogen-bond acceptors (Lipinski definition) is 4. The third-order valence-electron chi connectivity index (χ3n) is 3.86. The van der Waals surface area contributed by atoms with Gasteiger partial charge in [-0.2, -0.15) is 0 Å². The fourth-order valence-corrected chi connectivity index (χ4v) is 2.61. The lowest BCUT2D eigenvalue weighted by Crippen LogP contribution is -2.38. The Morgan fingerprint density at radius 3 is 2.65 bits per heavy atom. The van der Waals surface area contributed by atoms with Gasteiger partial charge >= 0.3 is 0 Å². The highest BCUT2D eigenvalue weighted by molar-refractivity contribution is 5.93. The number of benzene rings is 1. The first kappa shape index (κ1) is 17.4. The Hall–Kier alpha value is -1.92. The number of likely N-dealkylation sites (N-methyl/N-ethyl adjacent to an activating group) is 1. The monoisotopic (exact) mass is 319 g/mol. The van der Waals surface area contributed by atoms with Crippen LogP contribution < -0.4 is 10.6 Å². The number of rotatable bonds is 7. The molecular weight excluding hydrogens is 294 g/mol. The van der Waals surface area contributed by atoms with E-state index in [0.29, 0.717) is 25.2 Å². The topological polar surface area (TPSA) is 70.7 Å². The molecule has 0 spiro atoms. The Morgan fingerprint density at radius 2 is 2.04 bits per heavy atom. The first-order chi connectivity index (χ1) is 11.1. The van der Waals surface area contributed by atoms with Gasteiger partial charge in [0, 0.05) is 32.3 Å². The second-order valence-corrected chi connectivity index (χ2v) is 5.89. The van der Waals surface area contributed by atoms with E-state index in [0.717, 1.165) is 25.0 Å². The van der Waals surface area contributed by atoms with Crippen molar-refractivity contribution in [1.82, 2.24) is 15.5 Å². The summed E-state index contributed by atoms with van der Waals surface area (Å²) in [5.74, 6) is -0.0941. The molecule has 23 heavy (non-hydrogen) atoms. The summed E-state index contributed by atoms with van der Waals surface area (Å²) < 4.78 is 5.48. The minimum atomic E-state index is -0.0987. The summed E-state index contributed by atoms with van der Waals surface area (Å²) in [6.45, 7) is 2.38. The van der Waals surface area contributed by atoms with E-state index in [1.54, 1.807) is 19.2 Å². The third kappa shape index (κ3) is 5.65. The normalized spacial score (nSPS) is 17.3. The molecule has 1 heterocycles. The highest BCUT2D eigenvalue weighted by Gasteiger charge is 2.16. The molecule has 0 aliphatic carbocycles. The summed E-state index contributed by atoms with van der Waals surface area (Å²) in [6, 6.07) is 7.40. The van der Waals surface area contributed by atoms with Crippen molar-refractivity contribution in [3.8, 4) is 0 Å². The minimum Gasteiger partial charge on any atom is -0.376 e. The van der Waals surface area contributed by atoms with Crippen molar-refractivity contribution in [3.63, 3.8) is 0 Å². The van der Waals surface area contributed by atoms with Crippen molar-refractivity contribution >= 4 is 11.8 Å². The molecule has 1 fully saturated rings. The van der Waals surface area contributed by atoms with E-state index in [4.69, 9.17) is 4.74 Å². The lowest BCUT2D eigenvalue weighted by molar-refractivity contribution is -0.122. The Bertz CT molecular complexity index is 524. The highest BCUT2D eigenvalue weighted by atomic mass is 16.5. The molecule has 2 amide bonds. The van der Waals surface area contributed by atoms with E-state index >= 15 is 0 Å². The first-order valence-electron chi connectivity index (χ1n) is 7.96. The van der Waals surface area contributed by atoms with Crippen molar-refractivity contribution in [2.24, 2.45) is 0 Å². The number of hydrogen-bond donors (Lipinski definition) is 2. The van der Waals surface area contributed by atoms with Gasteiger partial charge in [0.15, 0.2) is 0 Å². The molecule has 1 aromatic rings. The van der Waals surface area contributed by atoms with Crippen LogP contribution in [0.15, 0.2) is 24.3 Å². The Balaban J connectivity index is 1.73. The zero-order chi connectivity index (χ0) is 16.7. The lowest BCUT2D eigenvalue weighted by atomic mass is 10.1. The van der Waals surface area contributed by atoms with E-state index in [2.05, 4.69) is 10.6 Å². The molecule has 0 saturated carbocycles. The second-order valence-electron chi connectivity index (χ2n) is 5.89. The van der Waals surface area contributed by atoms with Gasteiger partial charge in [0.05, 0.1) is 12.6 Å². The fraction of sp³-hybridized carbons (Fsp3) is 0.529. The molecule has 1 atom stereocenters. The maximum Gasteiger partial charge on any atom is 0.251 e.